The Morgan fingerprint density at radius 1 is 1.00 bits per heavy atom. The molecule has 1 aromatic heterocycles. The SMILES string of the molecule is Cc1ccc(-c2csc(NC(=O)CN3CCN(Cc4ccccc4)CC3)n2)cc1. The van der Waals surface area contributed by atoms with Crippen LogP contribution in [0.2, 0.25) is 0 Å². The number of aryl methyl sites for hydroxylation is 1. The Kier molecular flexibility index (Phi) is 6.34. The molecule has 2 aromatic carbocycles. The Hall–Kier alpha value is -2.54. The molecule has 2 heterocycles. The largest absolute Gasteiger partial charge is 0.301 e. The third-order valence-electron chi connectivity index (χ3n) is 5.18. The summed E-state index contributed by atoms with van der Waals surface area (Å²) in [6, 6.07) is 18.8. The minimum absolute atomic E-state index is 0.00585. The fourth-order valence-electron chi connectivity index (χ4n) is 3.50. The van der Waals surface area contributed by atoms with E-state index in [1.807, 2.05) is 11.4 Å². The summed E-state index contributed by atoms with van der Waals surface area (Å²) in [5.74, 6) is 0.00585. The maximum absolute atomic E-state index is 12.4. The Labute approximate surface area is 176 Å². The van der Waals surface area contributed by atoms with E-state index in [2.05, 4.69) is 75.6 Å². The monoisotopic (exact) mass is 406 g/mol. The van der Waals surface area contributed by atoms with E-state index in [9.17, 15) is 4.79 Å². The van der Waals surface area contributed by atoms with Gasteiger partial charge in [-0.05, 0) is 12.5 Å². The topological polar surface area (TPSA) is 48.5 Å². The van der Waals surface area contributed by atoms with Crippen molar-refractivity contribution in [1.82, 2.24) is 14.8 Å². The molecule has 6 heteroatoms. The number of benzene rings is 2. The molecule has 150 valence electrons. The molecule has 0 radical (unpaired) electrons. The molecule has 1 aliphatic heterocycles. The van der Waals surface area contributed by atoms with Gasteiger partial charge in [-0.3, -0.25) is 14.6 Å². The van der Waals surface area contributed by atoms with Crippen molar-refractivity contribution in [3.8, 4) is 11.3 Å². The highest BCUT2D eigenvalue weighted by Gasteiger charge is 2.19. The number of carbonyl (C=O) groups excluding carboxylic acids is 1. The van der Waals surface area contributed by atoms with Gasteiger partial charge in [0, 0.05) is 43.7 Å². The molecule has 0 aliphatic carbocycles. The Morgan fingerprint density at radius 3 is 2.41 bits per heavy atom. The van der Waals surface area contributed by atoms with Crippen LogP contribution >= 0.6 is 11.3 Å². The number of thiazole rings is 1. The van der Waals surface area contributed by atoms with Crippen LogP contribution in [-0.4, -0.2) is 53.4 Å². The highest BCUT2D eigenvalue weighted by atomic mass is 32.1. The average molecular weight is 407 g/mol. The summed E-state index contributed by atoms with van der Waals surface area (Å²) in [7, 11) is 0. The molecule has 1 amide bonds. The standard InChI is InChI=1S/C23H26N4OS/c1-18-7-9-20(10-8-18)21-17-29-23(24-21)25-22(28)16-27-13-11-26(12-14-27)15-19-5-3-2-4-6-19/h2-10,17H,11-16H2,1H3,(H,24,25,28). The van der Waals surface area contributed by atoms with Crippen molar-refractivity contribution < 1.29 is 4.79 Å². The molecule has 0 unspecified atom stereocenters. The van der Waals surface area contributed by atoms with Crippen molar-refractivity contribution in [2.75, 3.05) is 38.0 Å². The van der Waals surface area contributed by atoms with Gasteiger partial charge in [0.25, 0.3) is 0 Å². The Bertz CT molecular complexity index is 931. The van der Waals surface area contributed by atoms with Crippen LogP contribution in [-0.2, 0) is 11.3 Å². The van der Waals surface area contributed by atoms with E-state index in [0.717, 1.165) is 44.0 Å². The Balaban J connectivity index is 1.24. The van der Waals surface area contributed by atoms with Crippen LogP contribution in [0.3, 0.4) is 0 Å². The summed E-state index contributed by atoms with van der Waals surface area (Å²) >= 11 is 1.47. The first-order chi connectivity index (χ1) is 14.2. The molecule has 29 heavy (non-hydrogen) atoms. The first kappa shape index (κ1) is 19.8. The molecule has 0 atom stereocenters. The number of piperazine rings is 1. The highest BCUT2D eigenvalue weighted by molar-refractivity contribution is 7.14. The minimum Gasteiger partial charge on any atom is -0.301 e. The van der Waals surface area contributed by atoms with Gasteiger partial charge >= 0.3 is 0 Å². The van der Waals surface area contributed by atoms with Gasteiger partial charge in [0.05, 0.1) is 12.2 Å². The van der Waals surface area contributed by atoms with Crippen LogP contribution in [0.4, 0.5) is 5.13 Å². The first-order valence-electron chi connectivity index (χ1n) is 9.97. The summed E-state index contributed by atoms with van der Waals surface area (Å²) in [6.45, 7) is 7.24. The predicted molar refractivity (Wildman–Crippen MR) is 119 cm³/mol. The van der Waals surface area contributed by atoms with E-state index in [-0.39, 0.29) is 5.91 Å². The Morgan fingerprint density at radius 2 is 1.69 bits per heavy atom. The van der Waals surface area contributed by atoms with Crippen molar-refractivity contribution in [3.63, 3.8) is 0 Å². The second kappa shape index (κ2) is 9.31. The van der Waals surface area contributed by atoms with Crippen LogP contribution in [0.5, 0.6) is 0 Å². The minimum atomic E-state index is 0.00585. The lowest BCUT2D eigenvalue weighted by atomic mass is 10.1. The summed E-state index contributed by atoms with van der Waals surface area (Å²) in [5, 5.41) is 5.60. The van der Waals surface area contributed by atoms with Gasteiger partial charge in [-0.25, -0.2) is 4.98 Å². The highest BCUT2D eigenvalue weighted by Crippen LogP contribution is 2.25. The van der Waals surface area contributed by atoms with Crippen molar-refractivity contribution in [2.24, 2.45) is 0 Å². The maximum Gasteiger partial charge on any atom is 0.240 e. The van der Waals surface area contributed by atoms with Crippen molar-refractivity contribution >= 4 is 22.4 Å². The number of hydrogen-bond acceptors (Lipinski definition) is 5. The smallest absolute Gasteiger partial charge is 0.240 e. The molecule has 5 nitrogen and oxygen atoms in total. The molecular formula is C23H26N4OS. The third-order valence-corrected chi connectivity index (χ3v) is 5.94. The second-order valence-corrected chi connectivity index (χ2v) is 8.35. The van der Waals surface area contributed by atoms with E-state index >= 15 is 0 Å². The molecule has 4 rings (SSSR count). The second-order valence-electron chi connectivity index (χ2n) is 7.49. The summed E-state index contributed by atoms with van der Waals surface area (Å²) < 4.78 is 0. The number of nitrogens with one attached hydrogen (secondary N) is 1. The molecule has 0 bridgehead atoms. The fraction of sp³-hybridized carbons (Fsp3) is 0.304. The van der Waals surface area contributed by atoms with E-state index in [1.54, 1.807) is 0 Å². The zero-order valence-electron chi connectivity index (χ0n) is 16.7. The lowest BCUT2D eigenvalue weighted by Crippen LogP contribution is -2.48. The van der Waals surface area contributed by atoms with Crippen molar-refractivity contribution in [1.29, 1.82) is 0 Å². The van der Waals surface area contributed by atoms with Gasteiger partial charge in [-0.1, -0.05) is 60.2 Å². The van der Waals surface area contributed by atoms with Crippen LogP contribution in [0.15, 0.2) is 60.0 Å². The molecule has 1 fully saturated rings. The lowest BCUT2D eigenvalue weighted by molar-refractivity contribution is -0.117. The molecular weight excluding hydrogens is 380 g/mol. The molecule has 3 aromatic rings. The lowest BCUT2D eigenvalue weighted by Gasteiger charge is -2.34. The maximum atomic E-state index is 12.4. The van der Waals surface area contributed by atoms with Crippen LogP contribution < -0.4 is 5.32 Å². The normalized spacial score (nSPS) is 15.3. The number of amides is 1. The summed E-state index contributed by atoms with van der Waals surface area (Å²) in [5.41, 5.74) is 4.54. The average Bonchev–Trinajstić information content (AvgIpc) is 3.19. The quantitative estimate of drug-likeness (QED) is 0.675. The summed E-state index contributed by atoms with van der Waals surface area (Å²) in [6.07, 6.45) is 0. The van der Waals surface area contributed by atoms with E-state index in [0.29, 0.717) is 11.7 Å². The zero-order valence-corrected chi connectivity index (χ0v) is 17.5. The van der Waals surface area contributed by atoms with Gasteiger partial charge in [0.2, 0.25) is 5.91 Å². The summed E-state index contributed by atoms with van der Waals surface area (Å²) in [4.78, 5) is 21.7. The van der Waals surface area contributed by atoms with E-state index in [4.69, 9.17) is 0 Å². The molecule has 0 spiro atoms. The third kappa shape index (κ3) is 5.50. The number of carbonyl (C=O) groups is 1. The van der Waals surface area contributed by atoms with Crippen molar-refractivity contribution in [3.05, 3.63) is 71.1 Å². The van der Waals surface area contributed by atoms with Crippen LogP contribution in [0.25, 0.3) is 11.3 Å². The zero-order chi connectivity index (χ0) is 20.1. The molecule has 0 saturated carbocycles. The van der Waals surface area contributed by atoms with Gasteiger partial charge in [-0.2, -0.15) is 0 Å². The molecule has 1 N–H and O–H groups in total. The van der Waals surface area contributed by atoms with Crippen LogP contribution in [0, 0.1) is 6.92 Å². The van der Waals surface area contributed by atoms with Gasteiger partial charge in [0.15, 0.2) is 5.13 Å². The number of nitrogens with zero attached hydrogens (tertiary/aromatic N) is 3. The number of anilines is 1. The predicted octanol–water partition coefficient (Wildman–Crippen LogP) is 3.87. The number of hydrogen-bond donors (Lipinski definition) is 1. The molecule has 1 aliphatic rings. The van der Waals surface area contributed by atoms with Crippen LogP contribution in [0.1, 0.15) is 11.1 Å². The van der Waals surface area contributed by atoms with Gasteiger partial charge in [0.1, 0.15) is 0 Å². The van der Waals surface area contributed by atoms with E-state index < -0.39 is 0 Å². The number of rotatable bonds is 6. The van der Waals surface area contributed by atoms with Gasteiger partial charge < -0.3 is 5.32 Å². The van der Waals surface area contributed by atoms with Crippen molar-refractivity contribution in [2.45, 2.75) is 13.5 Å². The first-order valence-corrected chi connectivity index (χ1v) is 10.8. The number of aromatic nitrogens is 1. The van der Waals surface area contributed by atoms with Gasteiger partial charge in [-0.15, -0.1) is 11.3 Å². The van der Waals surface area contributed by atoms with E-state index in [1.165, 1.54) is 22.5 Å². The molecule has 1 saturated heterocycles. The fourth-order valence-corrected chi connectivity index (χ4v) is 4.23.